The van der Waals surface area contributed by atoms with Gasteiger partial charge in [-0.05, 0) is 93.6 Å². The van der Waals surface area contributed by atoms with E-state index in [2.05, 4.69) is 44.3 Å². The Bertz CT molecular complexity index is 612. The Morgan fingerprint density at radius 1 is 1.12 bits per heavy atom. The van der Waals surface area contributed by atoms with Gasteiger partial charge in [-0.1, -0.05) is 23.8 Å². The lowest BCUT2D eigenvalue weighted by Crippen LogP contribution is -2.48. The van der Waals surface area contributed by atoms with E-state index in [-0.39, 0.29) is 11.9 Å². The van der Waals surface area contributed by atoms with Crippen molar-refractivity contribution in [3.05, 3.63) is 34.9 Å². The van der Waals surface area contributed by atoms with Crippen LogP contribution in [0.25, 0.3) is 0 Å². The lowest BCUT2D eigenvalue weighted by atomic mass is 9.49. The molecular formula is C22H31NO. The SMILES string of the molecule is Cc1ccc(C)c(C(C)NC(=O)CC23CC4CC(CC(C4)C2)C3)c1. The van der Waals surface area contributed by atoms with E-state index in [1.807, 2.05) is 0 Å². The van der Waals surface area contributed by atoms with Crippen molar-refractivity contribution in [2.45, 2.75) is 71.8 Å². The Labute approximate surface area is 146 Å². The van der Waals surface area contributed by atoms with Crippen molar-refractivity contribution in [3.8, 4) is 0 Å². The Morgan fingerprint density at radius 3 is 2.29 bits per heavy atom. The monoisotopic (exact) mass is 325 g/mol. The molecular weight excluding hydrogens is 294 g/mol. The molecule has 4 saturated carbocycles. The van der Waals surface area contributed by atoms with E-state index in [4.69, 9.17) is 0 Å². The van der Waals surface area contributed by atoms with Crippen LogP contribution < -0.4 is 5.32 Å². The lowest BCUT2D eigenvalue weighted by molar-refractivity contribution is -0.130. The van der Waals surface area contributed by atoms with Gasteiger partial charge in [0.1, 0.15) is 0 Å². The van der Waals surface area contributed by atoms with E-state index in [1.54, 1.807) is 0 Å². The van der Waals surface area contributed by atoms with Crippen LogP contribution in [0.2, 0.25) is 0 Å². The molecule has 0 saturated heterocycles. The number of aryl methyl sites for hydroxylation is 2. The second-order valence-electron chi connectivity index (χ2n) is 9.24. The van der Waals surface area contributed by atoms with Gasteiger partial charge in [0.2, 0.25) is 5.91 Å². The van der Waals surface area contributed by atoms with E-state index >= 15 is 0 Å². The molecule has 130 valence electrons. The molecule has 24 heavy (non-hydrogen) atoms. The van der Waals surface area contributed by atoms with Crippen LogP contribution in [0.1, 0.15) is 74.6 Å². The topological polar surface area (TPSA) is 29.1 Å². The fourth-order valence-electron chi connectivity index (χ4n) is 6.44. The first-order valence-corrected chi connectivity index (χ1v) is 9.79. The van der Waals surface area contributed by atoms with Gasteiger partial charge in [0, 0.05) is 6.42 Å². The maximum atomic E-state index is 12.8. The minimum atomic E-state index is 0.103. The third kappa shape index (κ3) is 3.00. The Kier molecular flexibility index (Phi) is 3.97. The second-order valence-corrected chi connectivity index (χ2v) is 9.24. The molecule has 1 atom stereocenters. The zero-order valence-electron chi connectivity index (χ0n) is 15.4. The molecule has 1 aromatic carbocycles. The van der Waals surface area contributed by atoms with Gasteiger partial charge >= 0.3 is 0 Å². The van der Waals surface area contributed by atoms with Crippen molar-refractivity contribution in [1.29, 1.82) is 0 Å². The number of carbonyl (C=O) groups excluding carboxylic acids is 1. The van der Waals surface area contributed by atoms with E-state index in [1.165, 1.54) is 55.2 Å². The zero-order chi connectivity index (χ0) is 16.9. The predicted octanol–water partition coefficient (Wildman–Crippen LogP) is 5.09. The Balaban J connectivity index is 1.42. The van der Waals surface area contributed by atoms with Crippen molar-refractivity contribution in [2.24, 2.45) is 23.2 Å². The largest absolute Gasteiger partial charge is 0.350 e. The molecule has 0 heterocycles. The highest BCUT2D eigenvalue weighted by molar-refractivity contribution is 5.77. The minimum Gasteiger partial charge on any atom is -0.350 e. The van der Waals surface area contributed by atoms with E-state index in [0.29, 0.717) is 5.41 Å². The summed E-state index contributed by atoms with van der Waals surface area (Å²) in [7, 11) is 0. The van der Waals surface area contributed by atoms with E-state index < -0.39 is 0 Å². The van der Waals surface area contributed by atoms with E-state index in [0.717, 1.165) is 24.2 Å². The molecule has 0 aliphatic heterocycles. The van der Waals surface area contributed by atoms with Crippen LogP contribution in [0, 0.1) is 37.0 Å². The van der Waals surface area contributed by atoms with Crippen LogP contribution >= 0.6 is 0 Å². The maximum Gasteiger partial charge on any atom is 0.221 e. The van der Waals surface area contributed by atoms with Gasteiger partial charge in [0.15, 0.2) is 0 Å². The summed E-state index contributed by atoms with van der Waals surface area (Å²) in [6, 6.07) is 6.62. The van der Waals surface area contributed by atoms with Gasteiger partial charge in [0.05, 0.1) is 6.04 Å². The van der Waals surface area contributed by atoms with E-state index in [9.17, 15) is 4.79 Å². The first-order chi connectivity index (χ1) is 11.4. The molecule has 0 aromatic heterocycles. The number of carbonyl (C=O) groups is 1. The lowest BCUT2D eigenvalue weighted by Gasteiger charge is -2.56. The highest BCUT2D eigenvalue weighted by Gasteiger charge is 2.51. The summed E-state index contributed by atoms with van der Waals surface area (Å²) in [4.78, 5) is 12.8. The fourth-order valence-corrected chi connectivity index (χ4v) is 6.44. The summed E-state index contributed by atoms with van der Waals surface area (Å²) in [6.45, 7) is 6.38. The summed E-state index contributed by atoms with van der Waals surface area (Å²) in [6.07, 6.45) is 9.02. The molecule has 0 radical (unpaired) electrons. The molecule has 5 rings (SSSR count). The van der Waals surface area contributed by atoms with Crippen molar-refractivity contribution < 1.29 is 4.79 Å². The van der Waals surface area contributed by atoms with Gasteiger partial charge in [-0.15, -0.1) is 0 Å². The molecule has 0 spiro atoms. The smallest absolute Gasteiger partial charge is 0.221 e. The summed E-state index contributed by atoms with van der Waals surface area (Å²) in [5.74, 6) is 3.02. The summed E-state index contributed by atoms with van der Waals surface area (Å²) in [5, 5.41) is 3.30. The predicted molar refractivity (Wildman–Crippen MR) is 97.7 cm³/mol. The quantitative estimate of drug-likeness (QED) is 0.821. The zero-order valence-corrected chi connectivity index (χ0v) is 15.4. The average Bonchev–Trinajstić information content (AvgIpc) is 2.47. The minimum absolute atomic E-state index is 0.103. The molecule has 1 aromatic rings. The number of amides is 1. The molecule has 4 bridgehead atoms. The van der Waals surface area contributed by atoms with Gasteiger partial charge in [-0.25, -0.2) is 0 Å². The highest BCUT2D eigenvalue weighted by Crippen LogP contribution is 2.61. The molecule has 4 aliphatic carbocycles. The number of rotatable bonds is 4. The maximum absolute atomic E-state index is 12.8. The third-order valence-corrected chi connectivity index (χ3v) is 6.98. The van der Waals surface area contributed by atoms with Crippen LogP contribution in [0.5, 0.6) is 0 Å². The van der Waals surface area contributed by atoms with Crippen LogP contribution in [-0.4, -0.2) is 5.91 Å². The van der Waals surface area contributed by atoms with Gasteiger partial charge in [-0.2, -0.15) is 0 Å². The van der Waals surface area contributed by atoms with Gasteiger partial charge in [0.25, 0.3) is 0 Å². The van der Waals surface area contributed by atoms with Crippen molar-refractivity contribution in [2.75, 3.05) is 0 Å². The molecule has 2 nitrogen and oxygen atoms in total. The fraction of sp³-hybridized carbons (Fsp3) is 0.682. The number of hydrogen-bond donors (Lipinski definition) is 1. The van der Waals surface area contributed by atoms with Gasteiger partial charge in [-0.3, -0.25) is 4.79 Å². The molecule has 2 heteroatoms. The van der Waals surface area contributed by atoms with Gasteiger partial charge < -0.3 is 5.32 Å². The number of nitrogens with one attached hydrogen (secondary N) is 1. The first kappa shape index (κ1) is 16.2. The summed E-state index contributed by atoms with van der Waals surface area (Å²) in [5.41, 5.74) is 4.12. The molecule has 1 unspecified atom stereocenters. The molecule has 4 aliphatic rings. The standard InChI is InChI=1S/C22H31NO/c1-14-4-5-15(2)20(6-14)16(3)23-21(24)13-22-10-17-7-18(11-22)9-19(8-17)12-22/h4-6,16-19H,7-13H2,1-3H3,(H,23,24). The van der Waals surface area contributed by atoms with Crippen LogP contribution in [0.4, 0.5) is 0 Å². The molecule has 4 fully saturated rings. The number of hydrogen-bond acceptors (Lipinski definition) is 1. The van der Waals surface area contributed by atoms with Crippen molar-refractivity contribution in [1.82, 2.24) is 5.32 Å². The van der Waals surface area contributed by atoms with Crippen LogP contribution in [0.3, 0.4) is 0 Å². The number of benzene rings is 1. The van der Waals surface area contributed by atoms with Crippen LogP contribution in [-0.2, 0) is 4.79 Å². The molecule has 1 N–H and O–H groups in total. The third-order valence-electron chi connectivity index (χ3n) is 6.98. The Hall–Kier alpha value is -1.31. The van der Waals surface area contributed by atoms with Crippen LogP contribution in [0.15, 0.2) is 18.2 Å². The average molecular weight is 325 g/mol. The summed E-state index contributed by atoms with van der Waals surface area (Å²) < 4.78 is 0. The van der Waals surface area contributed by atoms with Crippen molar-refractivity contribution >= 4 is 5.91 Å². The summed E-state index contributed by atoms with van der Waals surface area (Å²) >= 11 is 0. The first-order valence-electron chi connectivity index (χ1n) is 9.79. The Morgan fingerprint density at radius 2 is 1.71 bits per heavy atom. The van der Waals surface area contributed by atoms with Crippen molar-refractivity contribution in [3.63, 3.8) is 0 Å². The second kappa shape index (κ2) is 5.89. The highest BCUT2D eigenvalue weighted by atomic mass is 16.1. The molecule has 1 amide bonds. The normalized spacial score (nSPS) is 35.0.